The highest BCUT2D eigenvalue weighted by Gasteiger charge is 2.34. The lowest BCUT2D eigenvalue weighted by molar-refractivity contribution is -0.137. The topological polar surface area (TPSA) is 46.9 Å². The van der Waals surface area contributed by atoms with Crippen LogP contribution >= 0.6 is 0 Å². The number of hydrogen-bond donors (Lipinski definition) is 1. The molecule has 4 nitrogen and oxygen atoms in total. The molecule has 0 aliphatic carbocycles. The van der Waals surface area contributed by atoms with Crippen molar-refractivity contribution in [1.29, 1.82) is 0 Å². The number of nitrogens with one attached hydrogen (secondary N) is 1. The second-order valence-electron chi connectivity index (χ2n) is 6.21. The smallest absolute Gasteiger partial charge is 0.325 e. The molecular weight excluding hydrogens is 355 g/mol. The molecule has 7 heteroatoms. The number of rotatable bonds is 5. The summed E-state index contributed by atoms with van der Waals surface area (Å²) in [6, 6.07) is 13.0. The van der Waals surface area contributed by atoms with Gasteiger partial charge in [-0.15, -0.1) is 0 Å². The number of aryl methyl sites for hydroxylation is 2. The van der Waals surface area contributed by atoms with Crippen LogP contribution in [0.2, 0.25) is 0 Å². The van der Waals surface area contributed by atoms with Crippen molar-refractivity contribution in [3.05, 3.63) is 77.6 Å². The molecule has 0 bridgehead atoms. The summed E-state index contributed by atoms with van der Waals surface area (Å²) >= 11 is 0. The Morgan fingerprint density at radius 2 is 1.89 bits per heavy atom. The lowest BCUT2D eigenvalue weighted by Gasteiger charge is -2.15. The highest BCUT2D eigenvalue weighted by molar-refractivity contribution is 5.92. The summed E-state index contributed by atoms with van der Waals surface area (Å²) in [5, 5.41) is 6.31. The monoisotopic (exact) mass is 373 g/mol. The lowest BCUT2D eigenvalue weighted by Crippen LogP contribution is -2.17. The average Bonchev–Trinajstić information content (AvgIpc) is 3.15. The van der Waals surface area contributed by atoms with Gasteiger partial charge in [-0.3, -0.25) is 4.79 Å². The minimum atomic E-state index is -4.59. The average molecular weight is 373 g/mol. The second kappa shape index (κ2) is 7.65. The van der Waals surface area contributed by atoms with E-state index in [4.69, 9.17) is 0 Å². The molecule has 140 valence electrons. The molecule has 0 saturated heterocycles. The van der Waals surface area contributed by atoms with E-state index < -0.39 is 17.6 Å². The van der Waals surface area contributed by atoms with Crippen molar-refractivity contribution in [2.75, 3.05) is 5.32 Å². The summed E-state index contributed by atoms with van der Waals surface area (Å²) in [5.74, 6) is -0.465. The van der Waals surface area contributed by atoms with Crippen LogP contribution in [-0.4, -0.2) is 15.7 Å². The zero-order valence-electron chi connectivity index (χ0n) is 14.6. The first kappa shape index (κ1) is 18.7. The molecule has 2 aromatic carbocycles. The Morgan fingerprint density at radius 1 is 1.15 bits per heavy atom. The normalized spacial score (nSPS) is 11.4. The van der Waals surface area contributed by atoms with Gasteiger partial charge in [0.2, 0.25) is 5.91 Å². The van der Waals surface area contributed by atoms with Crippen LogP contribution in [0.1, 0.15) is 23.1 Å². The summed E-state index contributed by atoms with van der Waals surface area (Å²) in [5.41, 5.74) is 1.17. The first-order valence-electron chi connectivity index (χ1n) is 8.39. The SMILES string of the molecule is Cc1ccc(CCC(=O)Nc2ccc(-n3cccn3)cc2C(F)(F)F)cc1. The highest BCUT2D eigenvalue weighted by Crippen LogP contribution is 2.36. The third-order valence-corrected chi connectivity index (χ3v) is 4.11. The molecule has 0 aliphatic rings. The fraction of sp³-hybridized carbons (Fsp3) is 0.200. The second-order valence-corrected chi connectivity index (χ2v) is 6.21. The summed E-state index contributed by atoms with van der Waals surface area (Å²) < 4.78 is 41.6. The predicted octanol–water partition coefficient (Wildman–Crippen LogP) is 4.77. The molecule has 0 atom stereocenters. The van der Waals surface area contributed by atoms with Gasteiger partial charge in [0, 0.05) is 18.8 Å². The van der Waals surface area contributed by atoms with Gasteiger partial charge in [-0.25, -0.2) is 4.68 Å². The van der Waals surface area contributed by atoms with Crippen molar-refractivity contribution < 1.29 is 18.0 Å². The number of amides is 1. The molecule has 0 fully saturated rings. The van der Waals surface area contributed by atoms with Crippen molar-refractivity contribution in [3.63, 3.8) is 0 Å². The fourth-order valence-corrected chi connectivity index (χ4v) is 2.67. The van der Waals surface area contributed by atoms with E-state index in [0.29, 0.717) is 6.42 Å². The number of halogens is 3. The fourth-order valence-electron chi connectivity index (χ4n) is 2.67. The summed E-state index contributed by atoms with van der Waals surface area (Å²) in [7, 11) is 0. The van der Waals surface area contributed by atoms with Crippen molar-refractivity contribution in [2.45, 2.75) is 25.9 Å². The molecule has 1 amide bonds. The Hall–Kier alpha value is -3.09. The summed E-state index contributed by atoms with van der Waals surface area (Å²) in [6.07, 6.45) is -1.01. The van der Waals surface area contributed by atoms with E-state index in [0.717, 1.165) is 17.2 Å². The van der Waals surface area contributed by atoms with E-state index in [1.165, 1.54) is 23.0 Å². The van der Waals surface area contributed by atoms with E-state index in [1.807, 2.05) is 31.2 Å². The van der Waals surface area contributed by atoms with Gasteiger partial charge in [-0.2, -0.15) is 18.3 Å². The first-order chi connectivity index (χ1) is 12.8. The maximum absolute atomic E-state index is 13.4. The van der Waals surface area contributed by atoms with Gasteiger partial charge in [-0.1, -0.05) is 29.8 Å². The number of anilines is 1. The summed E-state index contributed by atoms with van der Waals surface area (Å²) in [4.78, 5) is 12.1. The first-order valence-corrected chi connectivity index (χ1v) is 8.39. The lowest BCUT2D eigenvalue weighted by atomic mass is 10.1. The Bertz CT molecular complexity index is 917. The van der Waals surface area contributed by atoms with Crippen LogP contribution in [0.4, 0.5) is 18.9 Å². The van der Waals surface area contributed by atoms with E-state index in [-0.39, 0.29) is 17.8 Å². The van der Waals surface area contributed by atoms with Crippen LogP contribution in [0.3, 0.4) is 0 Å². The van der Waals surface area contributed by atoms with Gasteiger partial charge in [0.25, 0.3) is 0 Å². The largest absolute Gasteiger partial charge is 0.418 e. The number of hydrogen-bond acceptors (Lipinski definition) is 2. The molecular formula is C20H18F3N3O. The summed E-state index contributed by atoms with van der Waals surface area (Å²) in [6.45, 7) is 1.96. The van der Waals surface area contributed by atoms with Crippen LogP contribution in [0.5, 0.6) is 0 Å². The van der Waals surface area contributed by atoms with E-state index in [2.05, 4.69) is 10.4 Å². The maximum atomic E-state index is 13.4. The molecule has 3 aromatic rings. The number of carbonyl (C=O) groups is 1. The molecule has 0 radical (unpaired) electrons. The third-order valence-electron chi connectivity index (χ3n) is 4.11. The highest BCUT2D eigenvalue weighted by atomic mass is 19.4. The number of benzene rings is 2. The van der Waals surface area contributed by atoms with Crippen molar-refractivity contribution in [1.82, 2.24) is 9.78 Å². The molecule has 1 aromatic heterocycles. The van der Waals surface area contributed by atoms with Crippen LogP contribution in [0.15, 0.2) is 60.9 Å². The van der Waals surface area contributed by atoms with Gasteiger partial charge >= 0.3 is 6.18 Å². The van der Waals surface area contributed by atoms with E-state index >= 15 is 0 Å². The van der Waals surface area contributed by atoms with Gasteiger partial charge in [-0.05, 0) is 43.2 Å². The Balaban J connectivity index is 1.75. The molecule has 0 saturated carbocycles. The molecule has 1 N–H and O–H groups in total. The number of alkyl halides is 3. The number of nitrogens with zero attached hydrogens (tertiary/aromatic N) is 2. The van der Waals surface area contributed by atoms with Crippen molar-refractivity contribution >= 4 is 11.6 Å². The van der Waals surface area contributed by atoms with Gasteiger partial charge < -0.3 is 5.32 Å². The van der Waals surface area contributed by atoms with Crippen LogP contribution in [0, 0.1) is 6.92 Å². The van der Waals surface area contributed by atoms with Gasteiger partial charge in [0.1, 0.15) is 0 Å². The predicted molar refractivity (Wildman–Crippen MR) is 96.7 cm³/mol. The van der Waals surface area contributed by atoms with E-state index in [1.54, 1.807) is 12.3 Å². The Labute approximate surface area is 154 Å². The molecule has 0 unspecified atom stereocenters. The molecule has 0 aliphatic heterocycles. The maximum Gasteiger partial charge on any atom is 0.418 e. The number of carbonyl (C=O) groups excluding carboxylic acids is 1. The number of aromatic nitrogens is 2. The molecule has 27 heavy (non-hydrogen) atoms. The van der Waals surface area contributed by atoms with Gasteiger partial charge in [0.15, 0.2) is 0 Å². The molecule has 3 rings (SSSR count). The standard InChI is InChI=1S/C20H18F3N3O/c1-14-3-5-15(6-4-14)7-10-19(27)25-18-9-8-16(26-12-2-11-24-26)13-17(18)20(21,22)23/h2-6,8-9,11-13H,7,10H2,1H3,(H,25,27). The minimum absolute atomic E-state index is 0.0985. The zero-order chi connectivity index (χ0) is 19.4. The Kier molecular flexibility index (Phi) is 5.30. The zero-order valence-corrected chi connectivity index (χ0v) is 14.6. The minimum Gasteiger partial charge on any atom is -0.325 e. The van der Waals surface area contributed by atoms with Crippen molar-refractivity contribution in [2.24, 2.45) is 0 Å². The quantitative estimate of drug-likeness (QED) is 0.700. The third kappa shape index (κ3) is 4.75. The van der Waals surface area contributed by atoms with Crippen LogP contribution < -0.4 is 5.32 Å². The van der Waals surface area contributed by atoms with Crippen LogP contribution in [0.25, 0.3) is 5.69 Å². The Morgan fingerprint density at radius 3 is 2.52 bits per heavy atom. The van der Waals surface area contributed by atoms with Crippen molar-refractivity contribution in [3.8, 4) is 5.69 Å². The molecule has 1 heterocycles. The molecule has 0 spiro atoms. The van der Waals surface area contributed by atoms with Gasteiger partial charge in [0.05, 0.1) is 16.9 Å². The van der Waals surface area contributed by atoms with E-state index in [9.17, 15) is 18.0 Å². The van der Waals surface area contributed by atoms with Crippen LogP contribution in [-0.2, 0) is 17.4 Å².